The number of amides is 1. The molecule has 1 unspecified atom stereocenters. The average molecular weight is 474 g/mol. The van der Waals surface area contributed by atoms with Crippen molar-refractivity contribution in [1.82, 2.24) is 0 Å². The van der Waals surface area contributed by atoms with Gasteiger partial charge in [0.05, 0.1) is 11.3 Å². The summed E-state index contributed by atoms with van der Waals surface area (Å²) in [6.07, 6.45) is 2.22. The van der Waals surface area contributed by atoms with Crippen LogP contribution in [0.5, 0.6) is 0 Å². The fourth-order valence-electron chi connectivity index (χ4n) is 3.98. The Bertz CT molecular complexity index is 1220. The number of nitrogens with one attached hydrogen (secondary N) is 1. The summed E-state index contributed by atoms with van der Waals surface area (Å²) < 4.78 is 5.52. The molecule has 0 saturated heterocycles. The summed E-state index contributed by atoms with van der Waals surface area (Å²) in [5.74, 6) is -0.825. The minimum absolute atomic E-state index is 0.141. The van der Waals surface area contributed by atoms with Gasteiger partial charge in [-0.25, -0.2) is 4.79 Å². The van der Waals surface area contributed by atoms with Crippen molar-refractivity contribution in [3.05, 3.63) is 94.5 Å². The first-order valence-electron chi connectivity index (χ1n) is 11.4. The van der Waals surface area contributed by atoms with Gasteiger partial charge in [-0.05, 0) is 74.6 Å². The van der Waals surface area contributed by atoms with Crippen LogP contribution in [0, 0.1) is 6.92 Å². The van der Waals surface area contributed by atoms with Crippen LogP contribution in [-0.4, -0.2) is 29.5 Å². The minimum Gasteiger partial charge on any atom is -0.451 e. The maximum Gasteiger partial charge on any atom is 0.339 e. The maximum atomic E-state index is 12.9. The smallest absolute Gasteiger partial charge is 0.339 e. The van der Waals surface area contributed by atoms with Crippen molar-refractivity contribution in [2.75, 3.05) is 11.1 Å². The highest BCUT2D eigenvalue weighted by molar-refractivity contribution is 8.00. The molecule has 174 valence electrons. The van der Waals surface area contributed by atoms with Crippen LogP contribution in [0.3, 0.4) is 0 Å². The molecule has 34 heavy (non-hydrogen) atoms. The first-order valence-corrected chi connectivity index (χ1v) is 12.3. The van der Waals surface area contributed by atoms with Crippen LogP contribution < -0.4 is 5.32 Å². The van der Waals surface area contributed by atoms with Crippen molar-refractivity contribution in [1.29, 1.82) is 0 Å². The molecular weight excluding hydrogens is 446 g/mol. The second-order valence-electron chi connectivity index (χ2n) is 8.45. The number of thioether (sulfide) groups is 1. The van der Waals surface area contributed by atoms with E-state index < -0.39 is 12.1 Å². The molecule has 1 aliphatic rings. The van der Waals surface area contributed by atoms with Crippen LogP contribution in [0.4, 0.5) is 5.69 Å². The zero-order chi connectivity index (χ0) is 24.1. The molecule has 0 spiro atoms. The van der Waals surface area contributed by atoms with Gasteiger partial charge in [-0.1, -0.05) is 42.0 Å². The van der Waals surface area contributed by atoms with E-state index in [0.717, 1.165) is 30.5 Å². The van der Waals surface area contributed by atoms with E-state index in [9.17, 15) is 14.4 Å². The van der Waals surface area contributed by atoms with E-state index in [-0.39, 0.29) is 17.4 Å². The van der Waals surface area contributed by atoms with Gasteiger partial charge >= 0.3 is 5.97 Å². The monoisotopic (exact) mass is 473 g/mol. The number of hydrogen-bond acceptors (Lipinski definition) is 5. The van der Waals surface area contributed by atoms with Gasteiger partial charge in [-0.15, -0.1) is 11.8 Å². The number of rotatable bonds is 8. The molecule has 1 amide bonds. The molecule has 0 saturated carbocycles. The lowest BCUT2D eigenvalue weighted by Crippen LogP contribution is -2.25. The molecular formula is C28H27NO4S. The van der Waals surface area contributed by atoms with E-state index in [1.54, 1.807) is 31.2 Å². The number of ether oxygens (including phenoxy) is 1. The third-order valence-corrected chi connectivity index (χ3v) is 6.91. The largest absolute Gasteiger partial charge is 0.451 e. The molecule has 0 aromatic heterocycles. The highest BCUT2D eigenvalue weighted by Crippen LogP contribution is 2.26. The minimum atomic E-state index is -0.908. The van der Waals surface area contributed by atoms with Crippen molar-refractivity contribution in [3.8, 4) is 0 Å². The summed E-state index contributed by atoms with van der Waals surface area (Å²) in [5.41, 5.74) is 5.24. The molecule has 0 heterocycles. The van der Waals surface area contributed by atoms with E-state index >= 15 is 0 Å². The molecule has 3 aromatic carbocycles. The Kier molecular flexibility index (Phi) is 7.48. The van der Waals surface area contributed by atoms with E-state index in [1.165, 1.54) is 22.9 Å². The van der Waals surface area contributed by atoms with Crippen molar-refractivity contribution >= 4 is 35.1 Å². The number of anilines is 1. The SMILES string of the molecule is Cc1ccc(NC(=O)CSc2ccccc2C(=O)OC(C)C(=O)c2ccc3c(c2)CCC3)cc1. The number of carbonyl (C=O) groups excluding carboxylic acids is 3. The van der Waals surface area contributed by atoms with Gasteiger partial charge in [0.25, 0.3) is 0 Å². The second-order valence-corrected chi connectivity index (χ2v) is 9.47. The normalized spacial score (nSPS) is 13.1. The molecule has 0 fully saturated rings. The summed E-state index contributed by atoms with van der Waals surface area (Å²) in [7, 11) is 0. The molecule has 3 aromatic rings. The molecule has 0 aliphatic heterocycles. The Hall–Kier alpha value is -3.38. The lowest BCUT2D eigenvalue weighted by molar-refractivity contribution is -0.113. The van der Waals surface area contributed by atoms with Gasteiger partial charge in [0.15, 0.2) is 6.10 Å². The standard InChI is InChI=1S/C28H27NO4S/c1-18-10-14-23(15-11-18)29-26(30)17-34-25-9-4-3-8-24(25)28(32)33-19(2)27(31)22-13-12-20-6-5-7-21(20)16-22/h3-4,8-16,19H,5-7,17H2,1-2H3,(H,29,30). The fourth-order valence-corrected chi connectivity index (χ4v) is 4.82. The van der Waals surface area contributed by atoms with Crippen molar-refractivity contribution in [3.63, 3.8) is 0 Å². The Balaban J connectivity index is 1.37. The van der Waals surface area contributed by atoms with E-state index in [0.29, 0.717) is 16.0 Å². The number of esters is 1. The number of hydrogen-bond donors (Lipinski definition) is 1. The summed E-state index contributed by atoms with van der Waals surface area (Å²) >= 11 is 1.25. The Morgan fingerprint density at radius 2 is 1.71 bits per heavy atom. The Labute approximate surface area is 203 Å². The lowest BCUT2D eigenvalue weighted by Gasteiger charge is -2.15. The first-order chi connectivity index (χ1) is 16.4. The maximum absolute atomic E-state index is 12.9. The van der Waals surface area contributed by atoms with Crippen LogP contribution in [0.1, 0.15) is 50.8 Å². The average Bonchev–Trinajstić information content (AvgIpc) is 3.32. The number of ketones is 1. The van der Waals surface area contributed by atoms with Crippen LogP contribution >= 0.6 is 11.8 Å². The van der Waals surface area contributed by atoms with Crippen molar-refractivity contribution in [2.24, 2.45) is 0 Å². The molecule has 4 rings (SSSR count). The molecule has 6 heteroatoms. The van der Waals surface area contributed by atoms with E-state index in [1.807, 2.05) is 49.4 Å². The zero-order valence-corrected chi connectivity index (χ0v) is 20.1. The van der Waals surface area contributed by atoms with Crippen molar-refractivity contribution in [2.45, 2.75) is 44.1 Å². The lowest BCUT2D eigenvalue weighted by atomic mass is 10.0. The molecule has 0 bridgehead atoms. The third-order valence-electron chi connectivity index (χ3n) is 5.84. The predicted molar refractivity (Wildman–Crippen MR) is 135 cm³/mol. The zero-order valence-electron chi connectivity index (χ0n) is 19.3. The number of aryl methyl sites for hydroxylation is 3. The molecule has 5 nitrogen and oxygen atoms in total. The first kappa shape index (κ1) is 23.8. The highest BCUT2D eigenvalue weighted by Gasteiger charge is 2.23. The summed E-state index contributed by atoms with van der Waals surface area (Å²) in [5, 5.41) is 2.85. The van der Waals surface area contributed by atoms with Crippen LogP contribution in [0.15, 0.2) is 71.6 Å². The summed E-state index contributed by atoms with van der Waals surface area (Å²) in [4.78, 5) is 38.7. The molecule has 0 radical (unpaired) electrons. The Morgan fingerprint density at radius 3 is 2.50 bits per heavy atom. The second kappa shape index (κ2) is 10.7. The van der Waals surface area contributed by atoms with Gasteiger partial charge < -0.3 is 10.1 Å². The summed E-state index contributed by atoms with van der Waals surface area (Å²) in [6.45, 7) is 3.58. The van der Waals surface area contributed by atoms with Gasteiger partial charge in [0.1, 0.15) is 0 Å². The van der Waals surface area contributed by atoms with Gasteiger partial charge in [-0.2, -0.15) is 0 Å². The highest BCUT2D eigenvalue weighted by atomic mass is 32.2. The fraction of sp³-hybridized carbons (Fsp3) is 0.250. The van der Waals surface area contributed by atoms with E-state index in [2.05, 4.69) is 5.32 Å². The number of Topliss-reactive ketones (excluding diaryl/α,β-unsaturated/α-hetero) is 1. The van der Waals surface area contributed by atoms with Crippen molar-refractivity contribution < 1.29 is 19.1 Å². The number of benzene rings is 3. The third kappa shape index (κ3) is 5.75. The van der Waals surface area contributed by atoms with Crippen LogP contribution in [0.25, 0.3) is 0 Å². The number of carbonyl (C=O) groups is 3. The van der Waals surface area contributed by atoms with E-state index in [4.69, 9.17) is 4.74 Å². The number of fused-ring (bicyclic) bond motifs is 1. The van der Waals surface area contributed by atoms with Gasteiger partial charge in [0.2, 0.25) is 11.7 Å². The van der Waals surface area contributed by atoms with Crippen LogP contribution in [0.2, 0.25) is 0 Å². The predicted octanol–water partition coefficient (Wildman–Crippen LogP) is 5.64. The topological polar surface area (TPSA) is 72.5 Å². The molecule has 1 N–H and O–H groups in total. The van der Waals surface area contributed by atoms with Crippen LogP contribution in [-0.2, 0) is 22.4 Å². The quantitative estimate of drug-likeness (QED) is 0.260. The van der Waals surface area contributed by atoms with Gasteiger partial charge in [-0.3, -0.25) is 9.59 Å². The molecule has 1 aliphatic carbocycles. The molecule has 1 atom stereocenters. The summed E-state index contributed by atoms with van der Waals surface area (Å²) in [6, 6.07) is 20.2. The Morgan fingerprint density at radius 1 is 0.971 bits per heavy atom. The van der Waals surface area contributed by atoms with Gasteiger partial charge in [0, 0.05) is 16.1 Å².